The van der Waals surface area contributed by atoms with E-state index in [0.29, 0.717) is 0 Å². The van der Waals surface area contributed by atoms with Crippen molar-refractivity contribution in [3.8, 4) is 10.4 Å². The summed E-state index contributed by atoms with van der Waals surface area (Å²) in [5.41, 5.74) is 1.21. The molecule has 120 valence electrons. The normalized spacial score (nSPS) is 11.3. The van der Waals surface area contributed by atoms with Crippen LogP contribution in [0.1, 0.15) is 20.3 Å². The number of thiophene rings is 1. The molecule has 0 radical (unpaired) electrons. The van der Waals surface area contributed by atoms with E-state index in [1.807, 2.05) is 6.07 Å². The number of aromatic nitrogens is 2. The summed E-state index contributed by atoms with van der Waals surface area (Å²) in [4.78, 5) is 11.0. The third-order valence-electron chi connectivity index (χ3n) is 3.45. The first-order valence-corrected chi connectivity index (χ1v) is 8.71. The van der Waals surface area contributed by atoms with Gasteiger partial charge in [0, 0.05) is 18.0 Å². The quantitative estimate of drug-likeness (QED) is 0.645. The molecule has 0 amide bonds. The van der Waals surface area contributed by atoms with E-state index in [9.17, 15) is 0 Å². The van der Waals surface area contributed by atoms with Crippen LogP contribution in [0.2, 0.25) is 0 Å². The molecule has 0 spiro atoms. The number of rotatable bonds is 7. The summed E-state index contributed by atoms with van der Waals surface area (Å²) >= 11 is 1.70. The van der Waals surface area contributed by atoms with Crippen molar-refractivity contribution in [1.29, 1.82) is 0 Å². The van der Waals surface area contributed by atoms with Gasteiger partial charge in [-0.1, -0.05) is 30.3 Å². The third kappa shape index (κ3) is 4.06. The average molecular weight is 327 g/mol. The summed E-state index contributed by atoms with van der Waals surface area (Å²) in [6.45, 7) is 5.71. The minimum Gasteiger partial charge on any atom is -0.379 e. The van der Waals surface area contributed by atoms with E-state index in [1.165, 1.54) is 10.4 Å². The Hall–Kier alpha value is -1.98. The lowest BCUT2D eigenvalue weighted by Gasteiger charge is -2.08. The molecule has 0 atom stereocenters. The van der Waals surface area contributed by atoms with Gasteiger partial charge in [-0.05, 0) is 31.9 Å². The number of hydrogen-bond donors (Lipinski definition) is 1. The van der Waals surface area contributed by atoms with Gasteiger partial charge in [0.05, 0.1) is 11.5 Å². The fraction of sp³-hybridized carbons (Fsp3) is 0.333. The van der Waals surface area contributed by atoms with Crippen molar-refractivity contribution in [1.82, 2.24) is 9.97 Å². The molecule has 0 aliphatic carbocycles. The highest BCUT2D eigenvalue weighted by Crippen LogP contribution is 2.34. The predicted octanol–water partition coefficient (Wildman–Crippen LogP) is 4.59. The van der Waals surface area contributed by atoms with Gasteiger partial charge in [0.15, 0.2) is 0 Å². The first kappa shape index (κ1) is 15.9. The Kier molecular flexibility index (Phi) is 5.20. The van der Waals surface area contributed by atoms with Gasteiger partial charge < -0.3 is 10.1 Å². The van der Waals surface area contributed by atoms with Crippen molar-refractivity contribution in [3.63, 3.8) is 0 Å². The minimum atomic E-state index is 0.283. The Morgan fingerprint density at radius 2 is 2.00 bits per heavy atom. The van der Waals surface area contributed by atoms with Crippen LogP contribution in [0.5, 0.6) is 0 Å². The monoisotopic (exact) mass is 327 g/mol. The van der Waals surface area contributed by atoms with Crippen molar-refractivity contribution >= 4 is 27.4 Å². The lowest BCUT2D eigenvalue weighted by Crippen LogP contribution is -2.10. The fourth-order valence-corrected chi connectivity index (χ4v) is 3.34. The molecular formula is C18H21N3OS. The molecule has 3 rings (SSSR count). The van der Waals surface area contributed by atoms with Crippen molar-refractivity contribution in [2.75, 3.05) is 18.5 Å². The number of fused-ring (bicyclic) bond motifs is 1. The highest BCUT2D eigenvalue weighted by molar-refractivity contribution is 7.21. The van der Waals surface area contributed by atoms with E-state index in [-0.39, 0.29) is 6.10 Å². The molecule has 2 heterocycles. The zero-order valence-electron chi connectivity index (χ0n) is 13.5. The van der Waals surface area contributed by atoms with Crippen LogP contribution in [0.3, 0.4) is 0 Å². The maximum atomic E-state index is 5.56. The first-order chi connectivity index (χ1) is 11.2. The Morgan fingerprint density at radius 3 is 2.78 bits per heavy atom. The second-order valence-corrected chi connectivity index (χ2v) is 6.65. The van der Waals surface area contributed by atoms with E-state index < -0.39 is 0 Å². The van der Waals surface area contributed by atoms with Gasteiger partial charge >= 0.3 is 0 Å². The van der Waals surface area contributed by atoms with Crippen LogP contribution in [-0.4, -0.2) is 29.2 Å². The number of anilines is 1. The number of nitrogens with one attached hydrogen (secondary N) is 1. The molecule has 0 aliphatic rings. The van der Waals surface area contributed by atoms with Gasteiger partial charge in [0.2, 0.25) is 0 Å². The second kappa shape index (κ2) is 7.53. The summed E-state index contributed by atoms with van der Waals surface area (Å²) in [5, 5.41) is 4.49. The lowest BCUT2D eigenvalue weighted by atomic mass is 10.2. The average Bonchev–Trinajstić information content (AvgIpc) is 3.00. The predicted molar refractivity (Wildman–Crippen MR) is 97.0 cm³/mol. The first-order valence-electron chi connectivity index (χ1n) is 7.89. The van der Waals surface area contributed by atoms with Gasteiger partial charge in [-0.15, -0.1) is 11.3 Å². The van der Waals surface area contributed by atoms with Gasteiger partial charge in [-0.25, -0.2) is 9.97 Å². The maximum absolute atomic E-state index is 5.56. The molecule has 0 fully saturated rings. The number of benzene rings is 1. The fourth-order valence-electron chi connectivity index (χ4n) is 2.34. The lowest BCUT2D eigenvalue weighted by molar-refractivity contribution is 0.0787. The molecule has 3 aromatic rings. The Labute approximate surface area is 140 Å². The van der Waals surface area contributed by atoms with E-state index in [2.05, 4.69) is 59.5 Å². The Balaban J connectivity index is 1.73. The van der Waals surface area contributed by atoms with Gasteiger partial charge in [-0.3, -0.25) is 0 Å². The van der Waals surface area contributed by atoms with Gasteiger partial charge in [0.25, 0.3) is 0 Å². The van der Waals surface area contributed by atoms with Gasteiger partial charge in [0.1, 0.15) is 17.0 Å². The topological polar surface area (TPSA) is 47.0 Å². The molecule has 0 saturated heterocycles. The van der Waals surface area contributed by atoms with Crippen LogP contribution in [0.15, 0.2) is 42.7 Å². The van der Waals surface area contributed by atoms with Crippen molar-refractivity contribution in [2.24, 2.45) is 0 Å². The zero-order valence-corrected chi connectivity index (χ0v) is 14.3. The van der Waals surface area contributed by atoms with Crippen LogP contribution in [0.4, 0.5) is 5.82 Å². The SMILES string of the molecule is CC(C)OCCCNc1ncnc2sc(-c3ccccc3)cc12. The second-order valence-electron chi connectivity index (χ2n) is 5.62. The summed E-state index contributed by atoms with van der Waals surface area (Å²) in [6, 6.07) is 12.5. The molecule has 1 N–H and O–H groups in total. The summed E-state index contributed by atoms with van der Waals surface area (Å²) in [7, 11) is 0. The highest BCUT2D eigenvalue weighted by atomic mass is 32.1. The molecule has 0 aliphatic heterocycles. The largest absolute Gasteiger partial charge is 0.379 e. The molecule has 1 aromatic carbocycles. The van der Waals surface area contributed by atoms with Crippen molar-refractivity contribution in [2.45, 2.75) is 26.4 Å². The number of ether oxygens (including phenoxy) is 1. The summed E-state index contributed by atoms with van der Waals surface area (Å²) in [5.74, 6) is 0.901. The van der Waals surface area contributed by atoms with E-state index >= 15 is 0 Å². The summed E-state index contributed by atoms with van der Waals surface area (Å²) in [6.07, 6.45) is 2.87. The zero-order chi connectivity index (χ0) is 16.1. The van der Waals surface area contributed by atoms with Crippen LogP contribution < -0.4 is 5.32 Å². The van der Waals surface area contributed by atoms with Crippen LogP contribution >= 0.6 is 11.3 Å². The number of nitrogens with zero attached hydrogens (tertiary/aromatic N) is 2. The Morgan fingerprint density at radius 1 is 1.17 bits per heavy atom. The standard InChI is InChI=1S/C18H21N3OS/c1-13(2)22-10-6-9-19-17-15-11-16(14-7-4-3-5-8-14)23-18(15)21-12-20-17/h3-5,7-8,11-13H,6,9-10H2,1-2H3,(H,19,20,21). The van der Waals surface area contributed by atoms with Crippen LogP contribution in [0, 0.1) is 0 Å². The van der Waals surface area contributed by atoms with Crippen LogP contribution in [0.25, 0.3) is 20.7 Å². The smallest absolute Gasteiger partial charge is 0.138 e. The molecule has 23 heavy (non-hydrogen) atoms. The summed E-state index contributed by atoms with van der Waals surface area (Å²) < 4.78 is 5.56. The molecule has 4 nitrogen and oxygen atoms in total. The number of hydrogen-bond acceptors (Lipinski definition) is 5. The van der Waals surface area contributed by atoms with E-state index in [0.717, 1.165) is 35.6 Å². The Bertz CT molecular complexity index is 755. The molecule has 0 saturated carbocycles. The third-order valence-corrected chi connectivity index (χ3v) is 4.54. The van der Waals surface area contributed by atoms with E-state index in [1.54, 1.807) is 17.7 Å². The molecular weight excluding hydrogens is 306 g/mol. The van der Waals surface area contributed by atoms with Crippen LogP contribution in [-0.2, 0) is 4.74 Å². The molecule has 0 bridgehead atoms. The molecule has 5 heteroatoms. The maximum Gasteiger partial charge on any atom is 0.138 e. The molecule has 0 unspecified atom stereocenters. The van der Waals surface area contributed by atoms with Crippen molar-refractivity contribution < 1.29 is 4.74 Å². The van der Waals surface area contributed by atoms with Crippen molar-refractivity contribution in [3.05, 3.63) is 42.7 Å². The minimum absolute atomic E-state index is 0.283. The van der Waals surface area contributed by atoms with E-state index in [4.69, 9.17) is 4.74 Å². The highest BCUT2D eigenvalue weighted by Gasteiger charge is 2.09. The molecule has 2 aromatic heterocycles. The van der Waals surface area contributed by atoms with Gasteiger partial charge in [-0.2, -0.15) is 0 Å².